The number of hydrogen-bond acceptors (Lipinski definition) is 4. The van der Waals surface area contributed by atoms with E-state index >= 15 is 0 Å². The lowest BCUT2D eigenvalue weighted by Gasteiger charge is -2.25. The molecular weight excluding hydrogens is 248 g/mol. The summed E-state index contributed by atoms with van der Waals surface area (Å²) in [5, 5.41) is 11.1. The molecule has 6 heteroatoms. The summed E-state index contributed by atoms with van der Waals surface area (Å²) in [5.74, 6) is -1.12. The molecule has 0 aromatic carbocycles. The van der Waals surface area contributed by atoms with E-state index in [9.17, 15) is 9.59 Å². The number of aliphatic carboxylic acids is 1. The fourth-order valence-corrected chi connectivity index (χ4v) is 1.62. The van der Waals surface area contributed by atoms with Crippen molar-refractivity contribution in [2.24, 2.45) is 0 Å². The van der Waals surface area contributed by atoms with Gasteiger partial charge in [0.15, 0.2) is 0 Å². The van der Waals surface area contributed by atoms with Crippen LogP contribution >= 0.6 is 0 Å². The molecule has 0 saturated heterocycles. The first-order chi connectivity index (χ1) is 9.06. The van der Waals surface area contributed by atoms with Crippen LogP contribution in [0.25, 0.3) is 0 Å². The van der Waals surface area contributed by atoms with Crippen molar-refractivity contribution in [1.82, 2.24) is 10.3 Å². The molecule has 1 saturated carbocycles. The summed E-state index contributed by atoms with van der Waals surface area (Å²) in [6.07, 6.45) is 4.83. The molecule has 1 heterocycles. The maximum Gasteiger partial charge on any atom is 0.325 e. The second-order valence-electron chi connectivity index (χ2n) is 4.59. The minimum atomic E-state index is -1.08. The third-order valence-electron chi connectivity index (χ3n) is 3.05. The SMILES string of the molecule is CC(NC(=O)c1ccnc(OC2CCC2)c1)C(=O)O. The Balaban J connectivity index is 2.00. The van der Waals surface area contributed by atoms with Crippen molar-refractivity contribution >= 4 is 11.9 Å². The zero-order valence-electron chi connectivity index (χ0n) is 10.6. The molecule has 1 aromatic heterocycles. The van der Waals surface area contributed by atoms with Gasteiger partial charge in [-0.05, 0) is 32.3 Å². The van der Waals surface area contributed by atoms with Gasteiger partial charge in [-0.2, -0.15) is 0 Å². The molecule has 0 bridgehead atoms. The quantitative estimate of drug-likeness (QED) is 0.834. The van der Waals surface area contributed by atoms with E-state index in [-0.39, 0.29) is 6.10 Å². The van der Waals surface area contributed by atoms with Crippen LogP contribution in [0, 0.1) is 0 Å². The van der Waals surface area contributed by atoms with Gasteiger partial charge in [0, 0.05) is 17.8 Å². The van der Waals surface area contributed by atoms with Gasteiger partial charge in [-0.15, -0.1) is 0 Å². The fourth-order valence-electron chi connectivity index (χ4n) is 1.62. The van der Waals surface area contributed by atoms with Crippen LogP contribution in [0.2, 0.25) is 0 Å². The molecule has 2 rings (SSSR count). The summed E-state index contributed by atoms with van der Waals surface area (Å²) in [7, 11) is 0. The minimum absolute atomic E-state index is 0.184. The Bertz CT molecular complexity index is 485. The van der Waals surface area contributed by atoms with E-state index in [2.05, 4.69) is 10.3 Å². The van der Waals surface area contributed by atoms with Crippen molar-refractivity contribution < 1.29 is 19.4 Å². The molecule has 1 amide bonds. The number of nitrogens with zero attached hydrogens (tertiary/aromatic N) is 1. The summed E-state index contributed by atoms with van der Waals surface area (Å²) in [4.78, 5) is 26.5. The Labute approximate surface area is 110 Å². The largest absolute Gasteiger partial charge is 0.480 e. The van der Waals surface area contributed by atoms with Crippen molar-refractivity contribution in [2.45, 2.75) is 38.3 Å². The first kappa shape index (κ1) is 13.3. The van der Waals surface area contributed by atoms with E-state index in [4.69, 9.17) is 9.84 Å². The van der Waals surface area contributed by atoms with Gasteiger partial charge < -0.3 is 15.2 Å². The van der Waals surface area contributed by atoms with Crippen molar-refractivity contribution in [1.29, 1.82) is 0 Å². The third kappa shape index (κ3) is 3.43. The van der Waals surface area contributed by atoms with E-state index in [0.717, 1.165) is 19.3 Å². The lowest BCUT2D eigenvalue weighted by Crippen LogP contribution is -2.38. The molecular formula is C13H16N2O4. The van der Waals surface area contributed by atoms with Gasteiger partial charge in [0.05, 0.1) is 0 Å². The molecule has 1 aromatic rings. The monoisotopic (exact) mass is 264 g/mol. The first-order valence-electron chi connectivity index (χ1n) is 6.22. The number of aromatic nitrogens is 1. The predicted molar refractivity (Wildman–Crippen MR) is 67.1 cm³/mol. The van der Waals surface area contributed by atoms with Crippen molar-refractivity contribution in [3.63, 3.8) is 0 Å². The van der Waals surface area contributed by atoms with Crippen molar-refractivity contribution in [3.8, 4) is 5.88 Å². The lowest BCUT2D eigenvalue weighted by molar-refractivity contribution is -0.138. The number of carboxylic acid groups (broad SMARTS) is 1. The predicted octanol–water partition coefficient (Wildman–Crippen LogP) is 1.22. The number of carbonyl (C=O) groups is 2. The van der Waals surface area contributed by atoms with Crippen LogP contribution in [0.5, 0.6) is 5.88 Å². The normalized spacial score (nSPS) is 16.3. The van der Waals surface area contributed by atoms with Gasteiger partial charge in [-0.3, -0.25) is 9.59 Å². The molecule has 0 spiro atoms. The Morgan fingerprint density at radius 3 is 2.84 bits per heavy atom. The second kappa shape index (κ2) is 5.69. The van der Waals surface area contributed by atoms with Gasteiger partial charge in [-0.25, -0.2) is 4.98 Å². The van der Waals surface area contributed by atoms with E-state index in [1.54, 1.807) is 0 Å². The van der Waals surface area contributed by atoms with Crippen molar-refractivity contribution in [3.05, 3.63) is 23.9 Å². The van der Waals surface area contributed by atoms with E-state index in [1.165, 1.54) is 25.3 Å². The van der Waals surface area contributed by atoms with Crippen LogP contribution < -0.4 is 10.1 Å². The van der Waals surface area contributed by atoms with Gasteiger partial charge in [0.1, 0.15) is 12.1 Å². The van der Waals surface area contributed by atoms with Gasteiger partial charge >= 0.3 is 5.97 Å². The number of carbonyl (C=O) groups excluding carboxylic acids is 1. The Morgan fingerprint density at radius 1 is 1.53 bits per heavy atom. The number of pyridine rings is 1. The highest BCUT2D eigenvalue weighted by Crippen LogP contribution is 2.24. The zero-order valence-corrected chi connectivity index (χ0v) is 10.6. The zero-order chi connectivity index (χ0) is 13.8. The highest BCUT2D eigenvalue weighted by Gasteiger charge is 2.20. The molecule has 1 aliphatic rings. The molecule has 1 aliphatic carbocycles. The third-order valence-corrected chi connectivity index (χ3v) is 3.05. The molecule has 102 valence electrons. The highest BCUT2D eigenvalue weighted by molar-refractivity contribution is 5.96. The van der Waals surface area contributed by atoms with Crippen LogP contribution in [0.15, 0.2) is 18.3 Å². The summed E-state index contributed by atoms with van der Waals surface area (Å²) >= 11 is 0. The number of hydrogen-bond donors (Lipinski definition) is 2. The van der Waals surface area contributed by atoms with Crippen molar-refractivity contribution in [2.75, 3.05) is 0 Å². The second-order valence-corrected chi connectivity index (χ2v) is 4.59. The average molecular weight is 264 g/mol. The molecule has 0 radical (unpaired) electrons. The van der Waals surface area contributed by atoms with Crippen LogP contribution in [0.4, 0.5) is 0 Å². The average Bonchev–Trinajstić information content (AvgIpc) is 2.34. The van der Waals surface area contributed by atoms with Crippen LogP contribution in [0.1, 0.15) is 36.5 Å². The van der Waals surface area contributed by atoms with Gasteiger partial charge in [0.25, 0.3) is 5.91 Å². The fraction of sp³-hybridized carbons (Fsp3) is 0.462. The first-order valence-corrected chi connectivity index (χ1v) is 6.22. The molecule has 19 heavy (non-hydrogen) atoms. The number of nitrogens with one attached hydrogen (secondary N) is 1. The minimum Gasteiger partial charge on any atom is -0.480 e. The van der Waals surface area contributed by atoms with Crippen LogP contribution in [-0.2, 0) is 4.79 Å². The van der Waals surface area contributed by atoms with E-state index < -0.39 is 17.9 Å². The molecule has 6 nitrogen and oxygen atoms in total. The number of rotatable bonds is 5. The van der Waals surface area contributed by atoms with Gasteiger partial charge in [0.2, 0.25) is 5.88 Å². The Kier molecular flexibility index (Phi) is 3.99. The number of carboxylic acids is 1. The van der Waals surface area contributed by atoms with Gasteiger partial charge in [-0.1, -0.05) is 0 Å². The topological polar surface area (TPSA) is 88.5 Å². The Morgan fingerprint density at radius 2 is 2.26 bits per heavy atom. The molecule has 1 atom stereocenters. The highest BCUT2D eigenvalue weighted by atomic mass is 16.5. The Hall–Kier alpha value is -2.11. The smallest absolute Gasteiger partial charge is 0.325 e. The lowest BCUT2D eigenvalue weighted by atomic mass is 9.96. The summed E-state index contributed by atoms with van der Waals surface area (Å²) in [5.41, 5.74) is 0.345. The summed E-state index contributed by atoms with van der Waals surface area (Å²) in [6.45, 7) is 1.41. The number of amides is 1. The summed E-state index contributed by atoms with van der Waals surface area (Å²) < 4.78 is 5.59. The molecule has 1 unspecified atom stereocenters. The molecule has 0 aliphatic heterocycles. The molecule has 1 fully saturated rings. The van der Waals surface area contributed by atoms with E-state index in [0.29, 0.717) is 11.4 Å². The number of ether oxygens (including phenoxy) is 1. The maximum atomic E-state index is 11.8. The molecule has 2 N–H and O–H groups in total. The van der Waals surface area contributed by atoms with E-state index in [1.807, 2.05) is 0 Å². The van der Waals surface area contributed by atoms with Crippen LogP contribution in [0.3, 0.4) is 0 Å². The standard InChI is InChI=1S/C13H16N2O4/c1-8(13(17)18)15-12(16)9-5-6-14-11(7-9)19-10-3-2-4-10/h5-8,10H,2-4H2,1H3,(H,15,16)(H,17,18). The maximum absolute atomic E-state index is 11.8. The van der Waals surface area contributed by atoms with Crippen LogP contribution in [-0.4, -0.2) is 34.1 Å². The summed E-state index contributed by atoms with van der Waals surface area (Å²) in [6, 6.07) is 2.12.